The molecule has 3 rings (SSSR count). The number of anilines is 1. The molecule has 4 nitrogen and oxygen atoms in total. The summed E-state index contributed by atoms with van der Waals surface area (Å²) in [5.41, 5.74) is 3.49. The third kappa shape index (κ3) is 2.13. The zero-order chi connectivity index (χ0) is 14.1. The number of hydrogen-bond acceptors (Lipinski definition) is 4. The van der Waals surface area contributed by atoms with E-state index in [1.807, 2.05) is 51.1 Å². The number of para-hydroxylation sites is 1. The molecule has 102 valence electrons. The molecule has 20 heavy (non-hydrogen) atoms. The van der Waals surface area contributed by atoms with Crippen molar-refractivity contribution in [2.45, 2.75) is 20.8 Å². The molecule has 1 N–H and O–H groups in total. The van der Waals surface area contributed by atoms with E-state index in [9.17, 15) is 0 Å². The van der Waals surface area contributed by atoms with Crippen LogP contribution in [0.5, 0.6) is 0 Å². The molecule has 0 aliphatic carbocycles. The molecule has 0 saturated heterocycles. The van der Waals surface area contributed by atoms with Crippen molar-refractivity contribution in [2.24, 2.45) is 0 Å². The molecule has 0 aliphatic rings. The van der Waals surface area contributed by atoms with Crippen LogP contribution in [0.15, 0.2) is 34.7 Å². The van der Waals surface area contributed by atoms with Gasteiger partial charge in [-0.3, -0.25) is 0 Å². The third-order valence-corrected chi connectivity index (χ3v) is 3.31. The average Bonchev–Trinajstić information content (AvgIpc) is 2.86. The number of benzene rings is 1. The van der Waals surface area contributed by atoms with Crippen molar-refractivity contribution >= 4 is 16.8 Å². The molecule has 0 unspecified atom stereocenters. The Morgan fingerprint density at radius 1 is 1.10 bits per heavy atom. The van der Waals surface area contributed by atoms with E-state index < -0.39 is 0 Å². The van der Waals surface area contributed by atoms with Crippen LogP contribution in [-0.4, -0.2) is 16.5 Å². The molecule has 2 aromatic heterocycles. The molecule has 0 atom stereocenters. The normalized spacial score (nSPS) is 10.9. The molecule has 4 heteroatoms. The molecule has 1 aromatic carbocycles. The van der Waals surface area contributed by atoms with Crippen LogP contribution in [-0.2, 0) is 0 Å². The lowest BCUT2D eigenvalue weighted by atomic mass is 10.2. The minimum atomic E-state index is 0.748. The first-order valence-electron chi connectivity index (χ1n) is 6.77. The van der Waals surface area contributed by atoms with Crippen molar-refractivity contribution in [3.63, 3.8) is 0 Å². The largest absolute Gasteiger partial charge is 0.454 e. The summed E-state index contributed by atoms with van der Waals surface area (Å²) in [5.74, 6) is 1.52. The average molecular weight is 267 g/mol. The molecule has 3 aromatic rings. The van der Waals surface area contributed by atoms with Crippen LogP contribution < -0.4 is 5.32 Å². The molecular weight excluding hydrogens is 250 g/mol. The second-order valence-electron chi connectivity index (χ2n) is 4.77. The van der Waals surface area contributed by atoms with E-state index in [1.54, 1.807) is 0 Å². The fourth-order valence-electron chi connectivity index (χ4n) is 2.16. The van der Waals surface area contributed by atoms with Gasteiger partial charge in [0.1, 0.15) is 11.3 Å². The smallest absolute Gasteiger partial charge is 0.157 e. The quantitative estimate of drug-likeness (QED) is 0.781. The van der Waals surface area contributed by atoms with Crippen molar-refractivity contribution in [1.82, 2.24) is 9.97 Å². The van der Waals surface area contributed by atoms with Crippen LogP contribution in [0, 0.1) is 13.8 Å². The van der Waals surface area contributed by atoms with Gasteiger partial charge in [0.15, 0.2) is 11.6 Å². The minimum absolute atomic E-state index is 0.748. The lowest BCUT2D eigenvalue weighted by Gasteiger charge is -2.09. The maximum Gasteiger partial charge on any atom is 0.157 e. The molecule has 2 heterocycles. The van der Waals surface area contributed by atoms with E-state index >= 15 is 0 Å². The Kier molecular flexibility index (Phi) is 3.14. The third-order valence-electron chi connectivity index (χ3n) is 3.31. The number of nitrogens with zero attached hydrogens (tertiary/aromatic N) is 2. The van der Waals surface area contributed by atoms with E-state index in [4.69, 9.17) is 4.42 Å². The number of aromatic nitrogens is 2. The monoisotopic (exact) mass is 267 g/mol. The number of hydrogen-bond donors (Lipinski definition) is 1. The van der Waals surface area contributed by atoms with Gasteiger partial charge in [0.05, 0.1) is 11.4 Å². The highest BCUT2D eigenvalue weighted by molar-refractivity contribution is 5.84. The second kappa shape index (κ2) is 4.96. The first kappa shape index (κ1) is 12.7. The van der Waals surface area contributed by atoms with Crippen molar-refractivity contribution in [1.29, 1.82) is 0 Å². The van der Waals surface area contributed by atoms with Crippen LogP contribution in [0.25, 0.3) is 22.4 Å². The summed E-state index contributed by atoms with van der Waals surface area (Å²) in [6, 6.07) is 9.96. The van der Waals surface area contributed by atoms with Crippen LogP contribution in [0.3, 0.4) is 0 Å². The maximum atomic E-state index is 5.89. The Hall–Kier alpha value is -2.36. The van der Waals surface area contributed by atoms with Gasteiger partial charge >= 0.3 is 0 Å². The topological polar surface area (TPSA) is 51.0 Å². The molecule has 0 saturated carbocycles. The zero-order valence-corrected chi connectivity index (χ0v) is 11.9. The van der Waals surface area contributed by atoms with Gasteiger partial charge in [-0.1, -0.05) is 18.2 Å². The molecule has 0 fully saturated rings. The lowest BCUT2D eigenvalue weighted by Crippen LogP contribution is -2.05. The fourth-order valence-corrected chi connectivity index (χ4v) is 2.16. The van der Waals surface area contributed by atoms with Gasteiger partial charge in [-0.2, -0.15) is 0 Å². The van der Waals surface area contributed by atoms with Gasteiger partial charge < -0.3 is 9.73 Å². The Bertz CT molecular complexity index is 729. The van der Waals surface area contributed by atoms with Crippen molar-refractivity contribution < 1.29 is 4.42 Å². The lowest BCUT2D eigenvalue weighted by molar-refractivity contribution is 0.628. The van der Waals surface area contributed by atoms with Crippen LogP contribution in [0.2, 0.25) is 0 Å². The van der Waals surface area contributed by atoms with E-state index in [1.165, 1.54) is 0 Å². The highest BCUT2D eigenvalue weighted by atomic mass is 16.3. The summed E-state index contributed by atoms with van der Waals surface area (Å²) < 4.78 is 5.89. The Morgan fingerprint density at radius 2 is 1.85 bits per heavy atom. The Balaban J connectivity index is 2.19. The van der Waals surface area contributed by atoms with Gasteiger partial charge in [-0.25, -0.2) is 9.97 Å². The first-order chi connectivity index (χ1) is 9.69. The summed E-state index contributed by atoms with van der Waals surface area (Å²) in [7, 11) is 0. The minimum Gasteiger partial charge on any atom is -0.454 e. The molecular formula is C16H17N3O. The Labute approximate surface area is 117 Å². The summed E-state index contributed by atoms with van der Waals surface area (Å²) in [5, 5.41) is 4.33. The fraction of sp³-hybridized carbons (Fsp3) is 0.250. The summed E-state index contributed by atoms with van der Waals surface area (Å²) in [4.78, 5) is 9.21. The molecule has 0 amide bonds. The van der Waals surface area contributed by atoms with Crippen molar-refractivity contribution in [3.8, 4) is 11.5 Å². The molecule has 0 aliphatic heterocycles. The predicted octanol–water partition coefficient (Wildman–Crippen LogP) is 3.94. The number of aryl methyl sites for hydroxylation is 2. The van der Waals surface area contributed by atoms with E-state index in [2.05, 4.69) is 15.3 Å². The number of rotatable bonds is 3. The van der Waals surface area contributed by atoms with Crippen molar-refractivity contribution in [3.05, 3.63) is 41.7 Å². The highest BCUT2D eigenvalue weighted by Crippen LogP contribution is 2.30. The standard InChI is InChI=1S/C16H17N3O/c1-4-17-16-15(18-10(2)11(3)19-16)14-9-12-7-5-6-8-13(12)20-14/h5-9H,4H2,1-3H3,(H,17,19). The molecule has 0 radical (unpaired) electrons. The molecule has 0 spiro atoms. The molecule has 0 bridgehead atoms. The number of nitrogens with one attached hydrogen (secondary N) is 1. The first-order valence-corrected chi connectivity index (χ1v) is 6.77. The van der Waals surface area contributed by atoms with E-state index in [0.29, 0.717) is 0 Å². The van der Waals surface area contributed by atoms with Crippen LogP contribution in [0.4, 0.5) is 5.82 Å². The summed E-state index contributed by atoms with van der Waals surface area (Å²) in [6.07, 6.45) is 0. The Morgan fingerprint density at radius 3 is 2.60 bits per heavy atom. The second-order valence-corrected chi connectivity index (χ2v) is 4.77. The summed E-state index contributed by atoms with van der Waals surface area (Å²) in [6.45, 7) is 6.76. The number of furan rings is 1. The van der Waals surface area contributed by atoms with Crippen LogP contribution in [0.1, 0.15) is 18.3 Å². The van der Waals surface area contributed by atoms with E-state index in [0.717, 1.165) is 46.2 Å². The zero-order valence-electron chi connectivity index (χ0n) is 11.9. The predicted molar refractivity (Wildman–Crippen MR) is 80.9 cm³/mol. The number of fused-ring (bicyclic) bond motifs is 1. The van der Waals surface area contributed by atoms with Gasteiger partial charge in [0.2, 0.25) is 0 Å². The van der Waals surface area contributed by atoms with Crippen LogP contribution >= 0.6 is 0 Å². The van der Waals surface area contributed by atoms with Gasteiger partial charge in [-0.05, 0) is 32.9 Å². The van der Waals surface area contributed by atoms with Gasteiger partial charge in [0.25, 0.3) is 0 Å². The highest BCUT2D eigenvalue weighted by Gasteiger charge is 2.15. The van der Waals surface area contributed by atoms with E-state index in [-0.39, 0.29) is 0 Å². The SMILES string of the molecule is CCNc1nc(C)c(C)nc1-c1cc2ccccc2o1. The van der Waals surface area contributed by atoms with Gasteiger partial charge in [-0.15, -0.1) is 0 Å². The summed E-state index contributed by atoms with van der Waals surface area (Å²) >= 11 is 0. The maximum absolute atomic E-state index is 5.89. The van der Waals surface area contributed by atoms with Crippen molar-refractivity contribution in [2.75, 3.05) is 11.9 Å². The van der Waals surface area contributed by atoms with Gasteiger partial charge in [0, 0.05) is 11.9 Å².